The average molecular weight is 319 g/mol. The molecule has 0 aliphatic carbocycles. The van der Waals surface area contributed by atoms with E-state index >= 15 is 0 Å². The van der Waals surface area contributed by atoms with Gasteiger partial charge in [-0.05, 0) is 24.1 Å². The van der Waals surface area contributed by atoms with E-state index < -0.39 is 0 Å². The Morgan fingerprint density at radius 3 is 3.04 bits per heavy atom. The number of benzene rings is 1. The van der Waals surface area contributed by atoms with Gasteiger partial charge < -0.3 is 19.1 Å². The number of methoxy groups -OCH3 is 2. The van der Waals surface area contributed by atoms with Gasteiger partial charge >= 0.3 is 0 Å². The van der Waals surface area contributed by atoms with Crippen molar-refractivity contribution in [2.24, 2.45) is 0 Å². The number of hydrogen-bond acceptors (Lipinski definition) is 7. The van der Waals surface area contributed by atoms with Gasteiger partial charge in [-0.3, -0.25) is 4.90 Å². The molecule has 2 atom stereocenters. The third kappa shape index (κ3) is 3.69. The van der Waals surface area contributed by atoms with Gasteiger partial charge in [0.2, 0.25) is 5.89 Å². The molecule has 3 rings (SSSR count). The first-order chi connectivity index (χ1) is 11.2. The van der Waals surface area contributed by atoms with Gasteiger partial charge in [-0.1, -0.05) is 17.3 Å². The van der Waals surface area contributed by atoms with Crippen molar-refractivity contribution < 1.29 is 19.1 Å². The summed E-state index contributed by atoms with van der Waals surface area (Å²) >= 11 is 0. The predicted octanol–water partition coefficient (Wildman–Crippen LogP) is 1.53. The topological polar surface area (TPSA) is 80.9 Å². The highest BCUT2D eigenvalue weighted by Crippen LogP contribution is 2.34. The third-order valence-electron chi connectivity index (χ3n) is 3.98. The Labute approximate surface area is 134 Å². The summed E-state index contributed by atoms with van der Waals surface area (Å²) in [6.45, 7) is 1.39. The third-order valence-corrected chi connectivity index (χ3v) is 3.98. The van der Waals surface area contributed by atoms with E-state index in [-0.39, 0.29) is 12.1 Å². The predicted molar refractivity (Wildman–Crippen MR) is 81.8 cm³/mol. The number of aliphatic hydroxyl groups is 1. The van der Waals surface area contributed by atoms with Crippen LogP contribution in [0.5, 0.6) is 5.75 Å². The lowest BCUT2D eigenvalue weighted by molar-refractivity contribution is 0.164. The standard InChI is InChI=1S/C16H21N3O4/c1-21-10-15-17-16(23-18-15)9-19-8-12(20)7-14(19)11-4-3-5-13(6-11)22-2/h3-6,12,14,20H,7-10H2,1-2H3/t12-,14+/m1/s1. The summed E-state index contributed by atoms with van der Waals surface area (Å²) in [6, 6.07) is 8.01. The highest BCUT2D eigenvalue weighted by molar-refractivity contribution is 5.31. The molecule has 1 saturated heterocycles. The Bertz CT molecular complexity index is 646. The lowest BCUT2D eigenvalue weighted by atomic mass is 10.0. The molecule has 7 heteroatoms. The number of aromatic nitrogens is 2. The molecule has 2 heterocycles. The van der Waals surface area contributed by atoms with Crippen LogP contribution in [0.15, 0.2) is 28.8 Å². The molecule has 23 heavy (non-hydrogen) atoms. The van der Waals surface area contributed by atoms with Gasteiger partial charge in [-0.25, -0.2) is 0 Å². The van der Waals surface area contributed by atoms with Gasteiger partial charge in [0.05, 0.1) is 19.8 Å². The normalized spacial score (nSPS) is 21.7. The van der Waals surface area contributed by atoms with Crippen molar-refractivity contribution in [2.75, 3.05) is 20.8 Å². The second-order valence-corrected chi connectivity index (χ2v) is 5.65. The lowest BCUT2D eigenvalue weighted by Gasteiger charge is -2.23. The van der Waals surface area contributed by atoms with Crippen LogP contribution in [-0.2, 0) is 17.9 Å². The monoisotopic (exact) mass is 319 g/mol. The van der Waals surface area contributed by atoms with Crippen molar-refractivity contribution >= 4 is 0 Å². The number of rotatable bonds is 6. The van der Waals surface area contributed by atoms with Crippen LogP contribution in [0.2, 0.25) is 0 Å². The van der Waals surface area contributed by atoms with Crippen LogP contribution in [0.4, 0.5) is 0 Å². The molecule has 0 amide bonds. The van der Waals surface area contributed by atoms with Gasteiger partial charge in [-0.15, -0.1) is 0 Å². The molecule has 1 aromatic heterocycles. The molecule has 1 N–H and O–H groups in total. The van der Waals surface area contributed by atoms with Crippen molar-refractivity contribution in [2.45, 2.75) is 31.7 Å². The summed E-state index contributed by atoms with van der Waals surface area (Å²) in [4.78, 5) is 6.44. The first-order valence-corrected chi connectivity index (χ1v) is 7.56. The van der Waals surface area contributed by atoms with Crippen LogP contribution in [-0.4, -0.2) is 47.0 Å². The number of ether oxygens (including phenoxy) is 2. The number of nitrogens with zero attached hydrogens (tertiary/aromatic N) is 3. The summed E-state index contributed by atoms with van der Waals surface area (Å²) in [5.41, 5.74) is 1.11. The minimum atomic E-state index is -0.368. The fourth-order valence-electron chi connectivity index (χ4n) is 2.97. The lowest BCUT2D eigenvalue weighted by Crippen LogP contribution is -2.24. The molecular weight excluding hydrogens is 298 g/mol. The molecule has 1 aromatic carbocycles. The smallest absolute Gasteiger partial charge is 0.240 e. The minimum Gasteiger partial charge on any atom is -0.497 e. The fourth-order valence-corrected chi connectivity index (χ4v) is 2.97. The van der Waals surface area contributed by atoms with Crippen LogP contribution in [0, 0.1) is 0 Å². The molecule has 1 aliphatic rings. The minimum absolute atomic E-state index is 0.0953. The van der Waals surface area contributed by atoms with E-state index in [0.29, 0.717) is 37.8 Å². The summed E-state index contributed by atoms with van der Waals surface area (Å²) in [6.07, 6.45) is 0.305. The Hall–Kier alpha value is -1.96. The zero-order valence-electron chi connectivity index (χ0n) is 13.3. The molecule has 0 spiro atoms. The average Bonchev–Trinajstić information content (AvgIpc) is 3.15. The zero-order chi connectivity index (χ0) is 16.2. The second kappa shape index (κ2) is 7.08. The first kappa shape index (κ1) is 15.9. The van der Waals surface area contributed by atoms with Crippen molar-refractivity contribution in [3.63, 3.8) is 0 Å². The van der Waals surface area contributed by atoms with E-state index in [9.17, 15) is 5.11 Å². The van der Waals surface area contributed by atoms with E-state index in [1.165, 1.54) is 0 Å². The maximum Gasteiger partial charge on any atom is 0.240 e. The van der Waals surface area contributed by atoms with Crippen LogP contribution in [0.3, 0.4) is 0 Å². The highest BCUT2D eigenvalue weighted by atomic mass is 16.5. The van der Waals surface area contributed by atoms with E-state index in [1.54, 1.807) is 14.2 Å². The quantitative estimate of drug-likeness (QED) is 0.864. The van der Waals surface area contributed by atoms with Crippen molar-refractivity contribution in [3.05, 3.63) is 41.5 Å². The number of aliphatic hydroxyl groups excluding tert-OH is 1. The number of β-amino-alcohol motifs (C(OH)–C–C–N with tert-alkyl or cyclic N) is 1. The molecule has 7 nitrogen and oxygen atoms in total. The maximum atomic E-state index is 10.1. The molecule has 124 valence electrons. The molecular formula is C16H21N3O4. The zero-order valence-corrected chi connectivity index (χ0v) is 13.3. The Balaban J connectivity index is 1.76. The Kier molecular flexibility index (Phi) is 4.90. The van der Waals surface area contributed by atoms with Gasteiger partial charge in [0.15, 0.2) is 5.82 Å². The van der Waals surface area contributed by atoms with Gasteiger partial charge in [0.25, 0.3) is 0 Å². The van der Waals surface area contributed by atoms with E-state index in [0.717, 1.165) is 11.3 Å². The molecule has 0 unspecified atom stereocenters. The summed E-state index contributed by atoms with van der Waals surface area (Å²) in [7, 11) is 3.24. The summed E-state index contributed by atoms with van der Waals surface area (Å²) in [5.74, 6) is 1.86. The Morgan fingerprint density at radius 1 is 1.39 bits per heavy atom. The van der Waals surface area contributed by atoms with Crippen LogP contribution < -0.4 is 4.74 Å². The second-order valence-electron chi connectivity index (χ2n) is 5.65. The summed E-state index contributed by atoms with van der Waals surface area (Å²) in [5, 5.41) is 13.9. The largest absolute Gasteiger partial charge is 0.497 e. The molecule has 2 aromatic rings. The van der Waals surface area contributed by atoms with Crippen LogP contribution in [0.1, 0.15) is 29.7 Å². The van der Waals surface area contributed by atoms with Gasteiger partial charge in [0, 0.05) is 19.7 Å². The van der Waals surface area contributed by atoms with Crippen LogP contribution in [0.25, 0.3) is 0 Å². The molecule has 1 aliphatic heterocycles. The summed E-state index contributed by atoms with van der Waals surface area (Å²) < 4.78 is 15.5. The molecule has 0 saturated carbocycles. The molecule has 0 bridgehead atoms. The van der Waals surface area contributed by atoms with E-state index in [4.69, 9.17) is 14.0 Å². The maximum absolute atomic E-state index is 10.1. The first-order valence-electron chi connectivity index (χ1n) is 7.56. The Morgan fingerprint density at radius 2 is 2.26 bits per heavy atom. The fraction of sp³-hybridized carbons (Fsp3) is 0.500. The van der Waals surface area contributed by atoms with Crippen molar-refractivity contribution in [3.8, 4) is 5.75 Å². The highest BCUT2D eigenvalue weighted by Gasteiger charge is 2.33. The van der Waals surface area contributed by atoms with Crippen molar-refractivity contribution in [1.82, 2.24) is 15.0 Å². The van der Waals surface area contributed by atoms with Crippen LogP contribution >= 0.6 is 0 Å². The molecule has 1 fully saturated rings. The van der Waals surface area contributed by atoms with Gasteiger partial charge in [-0.2, -0.15) is 4.98 Å². The van der Waals surface area contributed by atoms with Crippen molar-refractivity contribution in [1.29, 1.82) is 0 Å². The number of hydrogen-bond donors (Lipinski definition) is 1. The number of likely N-dealkylation sites (tertiary alicyclic amines) is 1. The molecule has 0 radical (unpaired) electrons. The van der Waals surface area contributed by atoms with E-state index in [1.807, 2.05) is 24.3 Å². The SMILES string of the molecule is COCc1noc(CN2C[C@H](O)C[C@H]2c2cccc(OC)c2)n1. The van der Waals surface area contributed by atoms with Gasteiger partial charge in [0.1, 0.15) is 12.4 Å². The van der Waals surface area contributed by atoms with E-state index in [2.05, 4.69) is 15.0 Å².